The molecule has 0 aromatic heterocycles. The van der Waals surface area contributed by atoms with Gasteiger partial charge in [-0.2, -0.15) is 0 Å². The topological polar surface area (TPSA) is 26.0 Å². The van der Waals surface area contributed by atoms with Crippen molar-refractivity contribution in [3.8, 4) is 11.8 Å². The average Bonchev–Trinajstić information content (AvgIpc) is 2.31. The Bertz CT molecular complexity index is 569. The highest BCUT2D eigenvalue weighted by molar-refractivity contribution is 5.72. The van der Waals surface area contributed by atoms with Gasteiger partial charge in [-0.05, 0) is 17.7 Å². The second kappa shape index (κ2) is 3.02. The Balaban J connectivity index is 2.30. The first-order valence-corrected chi connectivity index (χ1v) is 5.48. The zero-order valence-corrected chi connectivity index (χ0v) is 9.20. The van der Waals surface area contributed by atoms with Crippen molar-refractivity contribution in [3.05, 3.63) is 53.6 Å². The van der Waals surface area contributed by atoms with Crippen LogP contribution >= 0.6 is 0 Å². The third-order valence-electron chi connectivity index (χ3n) is 3.56. The van der Waals surface area contributed by atoms with Crippen LogP contribution in [0.15, 0.2) is 42.5 Å². The van der Waals surface area contributed by atoms with Gasteiger partial charge < -0.3 is 5.73 Å². The fourth-order valence-corrected chi connectivity index (χ4v) is 2.55. The second-order valence-electron chi connectivity index (χ2n) is 4.55. The third-order valence-corrected chi connectivity index (χ3v) is 3.56. The molecule has 1 nitrogen and oxygen atoms in total. The molecule has 2 aliphatic rings. The zero-order valence-electron chi connectivity index (χ0n) is 9.20. The lowest BCUT2D eigenvalue weighted by molar-refractivity contribution is 0.506. The summed E-state index contributed by atoms with van der Waals surface area (Å²) in [5.74, 6) is 6.47. The highest BCUT2D eigenvalue weighted by Gasteiger charge is 2.37. The summed E-state index contributed by atoms with van der Waals surface area (Å²) in [5, 5.41) is 0. The van der Waals surface area contributed by atoms with Crippen LogP contribution in [0.4, 0.5) is 0 Å². The zero-order chi connectivity index (χ0) is 11.2. The van der Waals surface area contributed by atoms with Crippen LogP contribution in [0.5, 0.6) is 0 Å². The van der Waals surface area contributed by atoms with Crippen molar-refractivity contribution in [3.63, 3.8) is 0 Å². The normalized spacial score (nSPS) is 29.6. The third kappa shape index (κ3) is 1.07. The lowest BCUT2D eigenvalue weighted by atomic mass is 9.65. The molecule has 0 heterocycles. The highest BCUT2D eigenvalue weighted by Crippen LogP contribution is 2.43. The van der Waals surface area contributed by atoms with Gasteiger partial charge in [0.25, 0.3) is 0 Å². The van der Waals surface area contributed by atoms with Crippen LogP contribution in [0.1, 0.15) is 18.1 Å². The molecule has 2 unspecified atom stereocenters. The molecule has 0 aliphatic heterocycles. The molecule has 2 atom stereocenters. The van der Waals surface area contributed by atoms with E-state index >= 15 is 0 Å². The van der Waals surface area contributed by atoms with Gasteiger partial charge in [0.1, 0.15) is 0 Å². The maximum Gasteiger partial charge on any atom is 0.0538 e. The first-order valence-electron chi connectivity index (χ1n) is 5.48. The number of allylic oxidation sites excluding steroid dienone is 3. The molecule has 1 aromatic rings. The molecule has 0 amide bonds. The van der Waals surface area contributed by atoms with E-state index in [1.807, 2.05) is 12.1 Å². The fourth-order valence-electron chi connectivity index (χ4n) is 2.55. The molecule has 0 fully saturated rings. The summed E-state index contributed by atoms with van der Waals surface area (Å²) in [7, 11) is 0. The van der Waals surface area contributed by atoms with Crippen molar-refractivity contribution in [1.82, 2.24) is 0 Å². The van der Waals surface area contributed by atoms with E-state index in [-0.39, 0.29) is 11.3 Å². The molecule has 78 valence electrons. The molecule has 1 aromatic carbocycles. The van der Waals surface area contributed by atoms with Crippen molar-refractivity contribution in [1.29, 1.82) is 0 Å². The maximum absolute atomic E-state index is 6.08. The average molecular weight is 207 g/mol. The van der Waals surface area contributed by atoms with Gasteiger partial charge in [-0.3, -0.25) is 0 Å². The molecule has 0 radical (unpaired) electrons. The Labute approximate surface area is 95.7 Å². The van der Waals surface area contributed by atoms with E-state index in [4.69, 9.17) is 5.73 Å². The quantitative estimate of drug-likeness (QED) is 0.650. The predicted octanol–water partition coefficient (Wildman–Crippen LogP) is 2.45. The minimum Gasteiger partial charge on any atom is -0.398 e. The molecule has 0 bridgehead atoms. The van der Waals surface area contributed by atoms with E-state index in [2.05, 4.69) is 49.1 Å². The molecule has 0 spiro atoms. The van der Waals surface area contributed by atoms with Crippen molar-refractivity contribution >= 4 is 5.70 Å². The van der Waals surface area contributed by atoms with Crippen LogP contribution in [-0.2, 0) is 5.41 Å². The van der Waals surface area contributed by atoms with E-state index in [0.29, 0.717) is 0 Å². The number of nitrogens with two attached hydrogens (primary N) is 1. The summed E-state index contributed by atoms with van der Waals surface area (Å²) in [6.45, 7) is 2.23. The highest BCUT2D eigenvalue weighted by atomic mass is 14.6. The number of fused-ring (bicyclic) bond motifs is 3. The number of rotatable bonds is 0. The van der Waals surface area contributed by atoms with Gasteiger partial charge in [0.2, 0.25) is 0 Å². The van der Waals surface area contributed by atoms with Gasteiger partial charge >= 0.3 is 0 Å². The lowest BCUT2D eigenvalue weighted by Gasteiger charge is -2.37. The molecule has 3 rings (SSSR count). The van der Waals surface area contributed by atoms with Crippen LogP contribution in [0.25, 0.3) is 5.70 Å². The van der Waals surface area contributed by atoms with Gasteiger partial charge in [-0.1, -0.05) is 49.1 Å². The predicted molar refractivity (Wildman–Crippen MR) is 66.4 cm³/mol. The summed E-state index contributed by atoms with van der Waals surface area (Å²) in [6, 6.07) is 8.33. The van der Waals surface area contributed by atoms with E-state index < -0.39 is 0 Å². The number of hydrogen-bond acceptors (Lipinski definition) is 1. The molecule has 16 heavy (non-hydrogen) atoms. The Hall–Kier alpha value is -1.94. The van der Waals surface area contributed by atoms with Gasteiger partial charge in [-0.25, -0.2) is 0 Å². The molecule has 2 N–H and O–H groups in total. The van der Waals surface area contributed by atoms with Gasteiger partial charge in [0.05, 0.1) is 5.92 Å². The first-order chi connectivity index (χ1) is 7.72. The fraction of sp³-hybridized carbons (Fsp3) is 0.200. The Kier molecular flexibility index (Phi) is 1.76. The van der Waals surface area contributed by atoms with Crippen LogP contribution in [0, 0.1) is 17.8 Å². The SMILES string of the molecule is CC12C=CC#CC1C=C(N)c1ccccc12. The maximum atomic E-state index is 6.08. The van der Waals surface area contributed by atoms with E-state index in [1.54, 1.807) is 0 Å². The molecule has 0 saturated heterocycles. The van der Waals surface area contributed by atoms with Crippen molar-refractivity contribution < 1.29 is 0 Å². The molecule has 1 heteroatoms. The van der Waals surface area contributed by atoms with E-state index in [0.717, 1.165) is 11.3 Å². The van der Waals surface area contributed by atoms with Crippen LogP contribution in [-0.4, -0.2) is 0 Å². The lowest BCUT2D eigenvalue weighted by Crippen LogP contribution is -2.34. The van der Waals surface area contributed by atoms with Crippen molar-refractivity contribution in [2.75, 3.05) is 0 Å². The van der Waals surface area contributed by atoms with Gasteiger partial charge in [0, 0.05) is 16.7 Å². The summed E-state index contributed by atoms with van der Waals surface area (Å²) in [4.78, 5) is 0. The van der Waals surface area contributed by atoms with Crippen molar-refractivity contribution in [2.45, 2.75) is 12.3 Å². The minimum atomic E-state index is -0.0231. The molecule has 2 aliphatic carbocycles. The second-order valence-corrected chi connectivity index (χ2v) is 4.55. The minimum absolute atomic E-state index is 0.0231. The first kappa shape index (κ1) is 9.30. The Morgan fingerprint density at radius 2 is 2.12 bits per heavy atom. The molecule has 0 saturated carbocycles. The summed E-state index contributed by atoms with van der Waals surface area (Å²) in [6.07, 6.45) is 6.22. The smallest absolute Gasteiger partial charge is 0.0538 e. The van der Waals surface area contributed by atoms with E-state index in [1.165, 1.54) is 5.56 Å². The summed E-state index contributed by atoms with van der Waals surface area (Å²) >= 11 is 0. The Morgan fingerprint density at radius 1 is 1.31 bits per heavy atom. The van der Waals surface area contributed by atoms with Crippen LogP contribution in [0.2, 0.25) is 0 Å². The Morgan fingerprint density at radius 3 is 3.00 bits per heavy atom. The molecular formula is C15H13N. The molecular weight excluding hydrogens is 194 g/mol. The van der Waals surface area contributed by atoms with Gasteiger partial charge in [-0.15, -0.1) is 0 Å². The number of hydrogen-bond donors (Lipinski definition) is 1. The summed E-state index contributed by atoms with van der Waals surface area (Å²) in [5.41, 5.74) is 9.34. The number of benzene rings is 1. The van der Waals surface area contributed by atoms with Crippen LogP contribution < -0.4 is 5.73 Å². The van der Waals surface area contributed by atoms with E-state index in [9.17, 15) is 0 Å². The summed E-state index contributed by atoms with van der Waals surface area (Å²) < 4.78 is 0. The van der Waals surface area contributed by atoms with Crippen molar-refractivity contribution in [2.24, 2.45) is 11.7 Å². The van der Waals surface area contributed by atoms with Crippen LogP contribution in [0.3, 0.4) is 0 Å². The van der Waals surface area contributed by atoms with Gasteiger partial charge in [0.15, 0.2) is 0 Å². The largest absolute Gasteiger partial charge is 0.398 e. The standard InChI is InChI=1S/C15H13N/c1-15-9-5-4-6-11(15)10-14(16)12-7-2-3-8-13(12)15/h2-3,5,7-11H,16H2,1H3. The monoisotopic (exact) mass is 207 g/mol.